The third kappa shape index (κ3) is 5.06. The van der Waals surface area contributed by atoms with E-state index in [0.29, 0.717) is 30.2 Å². The molecular weight excluding hydrogens is 416 g/mol. The third-order valence-corrected chi connectivity index (χ3v) is 5.65. The highest BCUT2D eigenvalue weighted by molar-refractivity contribution is 5.95. The number of nitrogens with one attached hydrogen (secondary N) is 1. The largest absolute Gasteiger partial charge is 0.489 e. The zero-order valence-corrected chi connectivity index (χ0v) is 18.7. The maximum atomic E-state index is 13.0. The van der Waals surface area contributed by atoms with Crippen molar-refractivity contribution < 1.29 is 19.1 Å². The SMILES string of the molecule is COC(=O)C1=C(C)N(Cc2ccccc2)C(=O)N[C@H]1c1ccc(OCc2ccccc2)cc1. The van der Waals surface area contributed by atoms with Gasteiger partial charge < -0.3 is 14.8 Å². The van der Waals surface area contributed by atoms with Crippen molar-refractivity contribution in [3.63, 3.8) is 0 Å². The molecule has 0 radical (unpaired) electrons. The zero-order chi connectivity index (χ0) is 23.2. The summed E-state index contributed by atoms with van der Waals surface area (Å²) in [5.74, 6) is 0.232. The molecule has 0 unspecified atom stereocenters. The molecule has 1 atom stereocenters. The standard InChI is InChI=1S/C27H26N2O4/c1-19-24(26(30)32-2)25(28-27(31)29(19)17-20-9-5-3-6-10-20)22-13-15-23(16-14-22)33-18-21-11-7-4-8-12-21/h3-16,25H,17-18H2,1-2H3,(H,28,31)/t25-/m0/s1. The van der Waals surface area contributed by atoms with Crippen LogP contribution in [0.2, 0.25) is 0 Å². The van der Waals surface area contributed by atoms with Crippen molar-refractivity contribution in [3.8, 4) is 5.75 Å². The van der Waals surface area contributed by atoms with Gasteiger partial charge in [0.05, 0.1) is 25.3 Å². The Morgan fingerprint density at radius 2 is 1.52 bits per heavy atom. The molecule has 0 bridgehead atoms. The van der Waals surface area contributed by atoms with Crippen LogP contribution in [-0.4, -0.2) is 24.0 Å². The van der Waals surface area contributed by atoms with Gasteiger partial charge in [0.1, 0.15) is 12.4 Å². The second-order valence-corrected chi connectivity index (χ2v) is 7.79. The molecule has 3 aromatic carbocycles. The normalized spacial score (nSPS) is 15.8. The maximum Gasteiger partial charge on any atom is 0.337 e. The highest BCUT2D eigenvalue weighted by Crippen LogP contribution is 2.33. The van der Waals surface area contributed by atoms with Crippen molar-refractivity contribution in [2.45, 2.75) is 26.1 Å². The Bertz CT molecular complexity index is 1140. The first-order chi connectivity index (χ1) is 16.1. The Morgan fingerprint density at radius 3 is 2.12 bits per heavy atom. The van der Waals surface area contributed by atoms with Gasteiger partial charge in [-0.1, -0.05) is 72.8 Å². The lowest BCUT2D eigenvalue weighted by Crippen LogP contribution is -2.47. The lowest BCUT2D eigenvalue weighted by molar-refractivity contribution is -0.136. The van der Waals surface area contributed by atoms with E-state index < -0.39 is 12.0 Å². The van der Waals surface area contributed by atoms with Crippen LogP contribution in [0.3, 0.4) is 0 Å². The number of esters is 1. The second-order valence-electron chi connectivity index (χ2n) is 7.79. The third-order valence-electron chi connectivity index (χ3n) is 5.65. The minimum atomic E-state index is -0.611. The number of amides is 2. The van der Waals surface area contributed by atoms with Crippen LogP contribution in [-0.2, 0) is 22.7 Å². The van der Waals surface area contributed by atoms with E-state index in [4.69, 9.17) is 9.47 Å². The number of benzene rings is 3. The number of ether oxygens (including phenoxy) is 2. The molecule has 6 heteroatoms. The fraction of sp³-hybridized carbons (Fsp3) is 0.185. The summed E-state index contributed by atoms with van der Waals surface area (Å²) in [5.41, 5.74) is 3.80. The molecule has 0 saturated heterocycles. The molecule has 0 spiro atoms. The first-order valence-electron chi connectivity index (χ1n) is 10.7. The molecular formula is C27H26N2O4. The molecule has 1 N–H and O–H groups in total. The Kier molecular flexibility index (Phi) is 6.74. The molecule has 0 fully saturated rings. The number of hydrogen-bond donors (Lipinski definition) is 1. The lowest BCUT2D eigenvalue weighted by atomic mass is 9.94. The molecule has 33 heavy (non-hydrogen) atoms. The number of methoxy groups -OCH3 is 1. The molecule has 1 heterocycles. The van der Waals surface area contributed by atoms with E-state index in [-0.39, 0.29) is 6.03 Å². The fourth-order valence-corrected chi connectivity index (χ4v) is 3.86. The van der Waals surface area contributed by atoms with Crippen LogP contribution in [0.15, 0.2) is 96.2 Å². The molecule has 1 aliphatic rings. The molecule has 0 aromatic heterocycles. The van der Waals surface area contributed by atoms with Crippen LogP contribution in [0.5, 0.6) is 5.75 Å². The predicted octanol–water partition coefficient (Wildman–Crippen LogP) is 4.98. The second kappa shape index (κ2) is 10.0. The molecule has 0 saturated carbocycles. The number of urea groups is 1. The van der Waals surface area contributed by atoms with E-state index in [0.717, 1.165) is 16.7 Å². The number of carbonyl (C=O) groups is 2. The van der Waals surface area contributed by atoms with E-state index >= 15 is 0 Å². The number of hydrogen-bond acceptors (Lipinski definition) is 4. The smallest absolute Gasteiger partial charge is 0.337 e. The van der Waals surface area contributed by atoms with Gasteiger partial charge in [-0.05, 0) is 35.7 Å². The Hall–Kier alpha value is -4.06. The van der Waals surface area contributed by atoms with E-state index in [1.807, 2.05) is 84.9 Å². The van der Waals surface area contributed by atoms with Gasteiger partial charge in [0, 0.05) is 5.70 Å². The topological polar surface area (TPSA) is 67.9 Å². The van der Waals surface area contributed by atoms with Crippen LogP contribution in [0.25, 0.3) is 0 Å². The van der Waals surface area contributed by atoms with Gasteiger partial charge in [-0.15, -0.1) is 0 Å². The van der Waals surface area contributed by atoms with Crippen LogP contribution in [0.1, 0.15) is 29.7 Å². The average Bonchev–Trinajstić information content (AvgIpc) is 2.86. The zero-order valence-electron chi connectivity index (χ0n) is 18.7. The molecule has 6 nitrogen and oxygen atoms in total. The molecule has 0 aliphatic carbocycles. The van der Waals surface area contributed by atoms with Crippen molar-refractivity contribution in [3.05, 3.63) is 113 Å². The average molecular weight is 443 g/mol. The predicted molar refractivity (Wildman–Crippen MR) is 125 cm³/mol. The van der Waals surface area contributed by atoms with E-state index in [1.165, 1.54) is 7.11 Å². The van der Waals surface area contributed by atoms with Gasteiger partial charge in [0.2, 0.25) is 0 Å². The first-order valence-corrected chi connectivity index (χ1v) is 10.7. The Balaban J connectivity index is 1.57. The highest BCUT2D eigenvalue weighted by Gasteiger charge is 2.36. The van der Waals surface area contributed by atoms with Crippen molar-refractivity contribution in [2.24, 2.45) is 0 Å². The lowest BCUT2D eigenvalue weighted by Gasteiger charge is -2.35. The van der Waals surface area contributed by atoms with Crippen LogP contribution >= 0.6 is 0 Å². The van der Waals surface area contributed by atoms with Crippen molar-refractivity contribution in [1.29, 1.82) is 0 Å². The van der Waals surface area contributed by atoms with E-state index in [9.17, 15) is 9.59 Å². The molecule has 1 aliphatic heterocycles. The van der Waals surface area contributed by atoms with Crippen LogP contribution in [0.4, 0.5) is 4.79 Å². The van der Waals surface area contributed by atoms with Gasteiger partial charge >= 0.3 is 12.0 Å². The monoisotopic (exact) mass is 442 g/mol. The summed E-state index contributed by atoms with van der Waals surface area (Å²) >= 11 is 0. The summed E-state index contributed by atoms with van der Waals surface area (Å²) in [6.45, 7) is 2.59. The molecule has 2 amide bonds. The van der Waals surface area contributed by atoms with Crippen LogP contribution in [0, 0.1) is 0 Å². The number of rotatable bonds is 7. The van der Waals surface area contributed by atoms with Gasteiger partial charge in [0.25, 0.3) is 0 Å². The summed E-state index contributed by atoms with van der Waals surface area (Å²) in [6, 6.07) is 26.1. The van der Waals surface area contributed by atoms with E-state index in [2.05, 4.69) is 5.32 Å². The van der Waals surface area contributed by atoms with Crippen molar-refractivity contribution in [1.82, 2.24) is 10.2 Å². The number of carbonyl (C=O) groups excluding carboxylic acids is 2. The molecule has 168 valence electrons. The maximum absolute atomic E-state index is 13.0. The summed E-state index contributed by atoms with van der Waals surface area (Å²) in [6.07, 6.45) is 0. The minimum Gasteiger partial charge on any atom is -0.489 e. The molecule has 3 aromatic rings. The number of allylic oxidation sites excluding steroid dienone is 1. The minimum absolute atomic E-state index is 0.265. The van der Waals surface area contributed by atoms with Gasteiger partial charge in [0.15, 0.2) is 0 Å². The summed E-state index contributed by atoms with van der Waals surface area (Å²) < 4.78 is 10.9. The quantitative estimate of drug-likeness (QED) is 0.524. The Morgan fingerprint density at radius 1 is 0.909 bits per heavy atom. The summed E-state index contributed by atoms with van der Waals surface area (Å²) in [5, 5.41) is 2.96. The van der Waals surface area contributed by atoms with Gasteiger partial charge in [-0.3, -0.25) is 4.90 Å². The number of nitrogens with zero attached hydrogens (tertiary/aromatic N) is 1. The van der Waals surface area contributed by atoms with Crippen molar-refractivity contribution >= 4 is 12.0 Å². The fourth-order valence-electron chi connectivity index (χ4n) is 3.86. The Labute approximate surface area is 193 Å². The highest BCUT2D eigenvalue weighted by atomic mass is 16.5. The molecule has 4 rings (SSSR count). The summed E-state index contributed by atoms with van der Waals surface area (Å²) in [4.78, 5) is 27.3. The van der Waals surface area contributed by atoms with Crippen LogP contribution < -0.4 is 10.1 Å². The van der Waals surface area contributed by atoms with Gasteiger partial charge in [-0.2, -0.15) is 0 Å². The van der Waals surface area contributed by atoms with Crippen molar-refractivity contribution in [2.75, 3.05) is 7.11 Å². The first kappa shape index (κ1) is 22.1. The van der Waals surface area contributed by atoms with Gasteiger partial charge in [-0.25, -0.2) is 9.59 Å². The summed E-state index contributed by atoms with van der Waals surface area (Å²) in [7, 11) is 1.35. The van der Waals surface area contributed by atoms with E-state index in [1.54, 1.807) is 11.8 Å².